The summed E-state index contributed by atoms with van der Waals surface area (Å²) in [5.41, 5.74) is 2.64. The van der Waals surface area contributed by atoms with Crippen LogP contribution in [-0.2, 0) is 7.05 Å². The molecule has 0 radical (unpaired) electrons. The highest BCUT2D eigenvalue weighted by molar-refractivity contribution is 6.07. The highest BCUT2D eigenvalue weighted by atomic mass is 16.1. The Kier molecular flexibility index (Phi) is 3.17. The number of benzene rings is 2. The highest BCUT2D eigenvalue weighted by Crippen LogP contribution is 2.20. The van der Waals surface area contributed by atoms with Crippen molar-refractivity contribution in [3.05, 3.63) is 78.2 Å². The average Bonchev–Trinajstić information content (AvgIpc) is 2.90. The summed E-state index contributed by atoms with van der Waals surface area (Å²) < 4.78 is 1.84. The van der Waals surface area contributed by atoms with Crippen molar-refractivity contribution in [2.45, 2.75) is 0 Å². The number of rotatable bonds is 3. The number of carbonyl (C=O) groups is 1. The molecule has 3 nitrogen and oxygen atoms in total. The molecule has 2 aromatic carbocycles. The lowest BCUT2D eigenvalue weighted by atomic mass is 10.1. The molecule has 0 unspecified atom stereocenters. The first-order valence-electron chi connectivity index (χ1n) is 6.44. The minimum absolute atomic E-state index is 0.0599. The number of hydrogen-bond donors (Lipinski definition) is 0. The summed E-state index contributed by atoms with van der Waals surface area (Å²) in [5.74, 6) is 0.394. The molecular formula is C17H14N2O. The lowest BCUT2D eigenvalue weighted by Crippen LogP contribution is -2.09. The standard InChI is InChI=1S/C17H14N2O/c1-19-15(13-8-4-2-5-9-13)12-18-17(19)16(20)14-10-6-3-7-11-14/h2-12H,1H3. The number of carbonyl (C=O) groups excluding carboxylic acids is 1. The van der Waals surface area contributed by atoms with Crippen molar-refractivity contribution in [1.29, 1.82) is 0 Å². The van der Waals surface area contributed by atoms with Gasteiger partial charge in [-0.05, 0) is 5.56 Å². The molecule has 0 aliphatic heterocycles. The van der Waals surface area contributed by atoms with Gasteiger partial charge in [0.2, 0.25) is 5.78 Å². The fourth-order valence-electron chi connectivity index (χ4n) is 2.22. The third-order valence-electron chi connectivity index (χ3n) is 3.30. The van der Waals surface area contributed by atoms with Crippen LogP contribution in [0.3, 0.4) is 0 Å². The zero-order chi connectivity index (χ0) is 13.9. The zero-order valence-electron chi connectivity index (χ0n) is 11.2. The van der Waals surface area contributed by atoms with Gasteiger partial charge in [-0.15, -0.1) is 0 Å². The van der Waals surface area contributed by atoms with Gasteiger partial charge in [-0.2, -0.15) is 0 Å². The van der Waals surface area contributed by atoms with Gasteiger partial charge in [0.1, 0.15) is 0 Å². The van der Waals surface area contributed by atoms with Crippen LogP contribution in [0.25, 0.3) is 11.3 Å². The third kappa shape index (κ3) is 2.14. The Balaban J connectivity index is 2.01. The van der Waals surface area contributed by atoms with Gasteiger partial charge in [0.05, 0.1) is 11.9 Å². The number of imidazole rings is 1. The number of aromatic nitrogens is 2. The molecule has 3 rings (SSSR count). The minimum Gasteiger partial charge on any atom is -0.324 e. The number of ketones is 1. The number of nitrogens with zero attached hydrogens (tertiary/aromatic N) is 2. The van der Waals surface area contributed by atoms with E-state index in [1.807, 2.05) is 60.1 Å². The van der Waals surface area contributed by atoms with Crippen LogP contribution in [0.1, 0.15) is 16.2 Å². The predicted octanol–water partition coefficient (Wildman–Crippen LogP) is 3.32. The SMILES string of the molecule is Cn1c(-c2ccccc2)cnc1C(=O)c1ccccc1. The van der Waals surface area contributed by atoms with E-state index in [2.05, 4.69) is 4.98 Å². The normalized spacial score (nSPS) is 10.4. The molecule has 0 N–H and O–H groups in total. The molecule has 0 bridgehead atoms. The maximum absolute atomic E-state index is 12.4. The van der Waals surface area contributed by atoms with Gasteiger partial charge in [-0.1, -0.05) is 60.7 Å². The first-order valence-corrected chi connectivity index (χ1v) is 6.44. The highest BCUT2D eigenvalue weighted by Gasteiger charge is 2.16. The Bertz CT molecular complexity index is 730. The molecular weight excluding hydrogens is 248 g/mol. The molecule has 0 spiro atoms. The molecule has 1 heterocycles. The molecule has 98 valence electrons. The van der Waals surface area contributed by atoms with Crippen molar-refractivity contribution in [3.8, 4) is 11.3 Å². The van der Waals surface area contributed by atoms with Crippen molar-refractivity contribution < 1.29 is 4.79 Å². The topological polar surface area (TPSA) is 34.9 Å². The summed E-state index contributed by atoms with van der Waals surface area (Å²) in [6.45, 7) is 0. The fourth-order valence-corrected chi connectivity index (χ4v) is 2.22. The second-order valence-electron chi connectivity index (χ2n) is 4.59. The van der Waals surface area contributed by atoms with Gasteiger partial charge in [0.15, 0.2) is 5.82 Å². The largest absolute Gasteiger partial charge is 0.324 e. The first kappa shape index (κ1) is 12.4. The van der Waals surface area contributed by atoms with Crippen LogP contribution in [0.2, 0.25) is 0 Å². The van der Waals surface area contributed by atoms with Crippen molar-refractivity contribution in [3.63, 3.8) is 0 Å². The Morgan fingerprint density at radius 1 is 0.950 bits per heavy atom. The van der Waals surface area contributed by atoms with Gasteiger partial charge in [0, 0.05) is 12.6 Å². The molecule has 0 aliphatic rings. The van der Waals surface area contributed by atoms with Crippen molar-refractivity contribution >= 4 is 5.78 Å². The summed E-state index contributed by atoms with van der Waals surface area (Å²) in [4.78, 5) is 16.7. The van der Waals surface area contributed by atoms with Crippen LogP contribution in [-0.4, -0.2) is 15.3 Å². The molecule has 3 aromatic rings. The van der Waals surface area contributed by atoms with Crippen LogP contribution in [0.5, 0.6) is 0 Å². The number of hydrogen-bond acceptors (Lipinski definition) is 2. The summed E-state index contributed by atoms with van der Waals surface area (Å²) in [6.07, 6.45) is 1.74. The van der Waals surface area contributed by atoms with Crippen LogP contribution < -0.4 is 0 Å². The quantitative estimate of drug-likeness (QED) is 0.679. The van der Waals surface area contributed by atoms with E-state index in [0.717, 1.165) is 11.3 Å². The predicted molar refractivity (Wildman–Crippen MR) is 78.5 cm³/mol. The van der Waals surface area contributed by atoms with Crippen LogP contribution in [0, 0.1) is 0 Å². The van der Waals surface area contributed by atoms with Gasteiger partial charge in [-0.3, -0.25) is 4.79 Å². The Morgan fingerprint density at radius 3 is 2.20 bits per heavy atom. The van der Waals surface area contributed by atoms with Crippen molar-refractivity contribution in [1.82, 2.24) is 9.55 Å². The van der Waals surface area contributed by atoms with Crippen molar-refractivity contribution in [2.75, 3.05) is 0 Å². The summed E-state index contributed by atoms with van der Waals surface area (Å²) >= 11 is 0. The van der Waals surface area contributed by atoms with Crippen LogP contribution >= 0.6 is 0 Å². The molecule has 0 saturated carbocycles. The molecule has 1 aromatic heterocycles. The van der Waals surface area contributed by atoms with E-state index in [4.69, 9.17) is 0 Å². The Labute approximate surface area is 117 Å². The van der Waals surface area contributed by atoms with Gasteiger partial charge >= 0.3 is 0 Å². The maximum atomic E-state index is 12.4. The van der Waals surface area contributed by atoms with E-state index in [-0.39, 0.29) is 5.78 Å². The average molecular weight is 262 g/mol. The first-order chi connectivity index (χ1) is 9.77. The Hall–Kier alpha value is -2.68. The van der Waals surface area contributed by atoms with E-state index in [0.29, 0.717) is 11.4 Å². The maximum Gasteiger partial charge on any atom is 0.228 e. The summed E-state index contributed by atoms with van der Waals surface area (Å²) in [7, 11) is 1.87. The monoisotopic (exact) mass is 262 g/mol. The van der Waals surface area contributed by atoms with Gasteiger partial charge in [0.25, 0.3) is 0 Å². The third-order valence-corrected chi connectivity index (χ3v) is 3.30. The van der Waals surface area contributed by atoms with Gasteiger partial charge in [-0.25, -0.2) is 4.98 Å². The van der Waals surface area contributed by atoms with E-state index in [1.54, 1.807) is 18.3 Å². The minimum atomic E-state index is -0.0599. The smallest absolute Gasteiger partial charge is 0.228 e. The zero-order valence-corrected chi connectivity index (χ0v) is 11.2. The van der Waals surface area contributed by atoms with Crippen LogP contribution in [0.4, 0.5) is 0 Å². The second-order valence-corrected chi connectivity index (χ2v) is 4.59. The fraction of sp³-hybridized carbons (Fsp3) is 0.0588. The lowest BCUT2D eigenvalue weighted by Gasteiger charge is -2.05. The van der Waals surface area contributed by atoms with E-state index in [1.165, 1.54) is 0 Å². The van der Waals surface area contributed by atoms with E-state index >= 15 is 0 Å². The molecule has 0 fully saturated rings. The van der Waals surface area contributed by atoms with Crippen LogP contribution in [0.15, 0.2) is 66.9 Å². The van der Waals surface area contributed by atoms with E-state index in [9.17, 15) is 4.79 Å². The molecule has 20 heavy (non-hydrogen) atoms. The summed E-state index contributed by atoms with van der Waals surface area (Å²) in [6, 6.07) is 19.1. The van der Waals surface area contributed by atoms with E-state index < -0.39 is 0 Å². The van der Waals surface area contributed by atoms with Crippen molar-refractivity contribution in [2.24, 2.45) is 7.05 Å². The molecule has 0 amide bonds. The molecule has 3 heteroatoms. The Morgan fingerprint density at radius 2 is 1.55 bits per heavy atom. The lowest BCUT2D eigenvalue weighted by molar-refractivity contribution is 0.102. The van der Waals surface area contributed by atoms with Gasteiger partial charge < -0.3 is 4.57 Å². The molecule has 0 atom stereocenters. The molecule has 0 saturated heterocycles. The molecule has 0 aliphatic carbocycles. The second kappa shape index (κ2) is 5.13. The summed E-state index contributed by atoms with van der Waals surface area (Å²) in [5, 5.41) is 0.